The summed E-state index contributed by atoms with van der Waals surface area (Å²) in [6.45, 7) is 7.10. The van der Waals surface area contributed by atoms with Gasteiger partial charge in [-0.05, 0) is 14.0 Å². The van der Waals surface area contributed by atoms with Gasteiger partial charge in [-0.2, -0.15) is 0 Å². The van der Waals surface area contributed by atoms with E-state index in [1.807, 2.05) is 7.05 Å². The maximum absolute atomic E-state index is 11.3. The number of amides is 1. The summed E-state index contributed by atoms with van der Waals surface area (Å²) < 4.78 is 5.36. The van der Waals surface area contributed by atoms with Crippen LogP contribution in [0.3, 0.4) is 0 Å². The summed E-state index contributed by atoms with van der Waals surface area (Å²) in [7, 11) is 1.85. The third kappa shape index (κ3) is 8.11. The molecule has 1 heterocycles. The van der Waals surface area contributed by atoms with E-state index >= 15 is 0 Å². The summed E-state index contributed by atoms with van der Waals surface area (Å²) in [4.78, 5) is 13.7. The van der Waals surface area contributed by atoms with Gasteiger partial charge in [0.15, 0.2) is 0 Å². The fourth-order valence-electron chi connectivity index (χ4n) is 1.76. The molecule has 5 nitrogen and oxygen atoms in total. The van der Waals surface area contributed by atoms with Crippen LogP contribution < -0.4 is 10.6 Å². The number of halogens is 2. The Labute approximate surface area is 122 Å². The molecule has 1 aliphatic rings. The highest BCUT2D eigenvalue weighted by Gasteiger charge is 2.17. The Hall–Kier alpha value is -0.0700. The molecule has 7 heteroatoms. The van der Waals surface area contributed by atoms with Crippen molar-refractivity contribution in [3.8, 4) is 0 Å². The second-order valence-corrected chi connectivity index (χ2v) is 4.16. The molecule has 0 spiro atoms. The summed E-state index contributed by atoms with van der Waals surface area (Å²) in [5.74, 6) is 0.121. The first kappa shape index (κ1) is 20.3. The van der Waals surface area contributed by atoms with Crippen molar-refractivity contribution >= 4 is 30.7 Å². The number of hydrogen-bond donors (Lipinski definition) is 2. The standard InChI is InChI=1S/C11H23N3O2.2ClH/c1-10-9-16-8-7-14(10)6-5-13-11(15)3-4-12-2;;/h10,12H,3-9H2,1-2H3,(H,13,15);2*1H. The molecule has 18 heavy (non-hydrogen) atoms. The predicted octanol–water partition coefficient (Wildman–Crippen LogP) is 0.276. The molecule has 1 fully saturated rings. The van der Waals surface area contributed by atoms with Gasteiger partial charge in [-0.25, -0.2) is 0 Å². The predicted molar refractivity (Wildman–Crippen MR) is 77.9 cm³/mol. The van der Waals surface area contributed by atoms with Crippen molar-refractivity contribution in [3.05, 3.63) is 0 Å². The average molecular weight is 302 g/mol. The molecule has 110 valence electrons. The zero-order valence-corrected chi connectivity index (χ0v) is 12.7. The molecule has 1 aliphatic heterocycles. The van der Waals surface area contributed by atoms with E-state index in [4.69, 9.17) is 4.74 Å². The Morgan fingerprint density at radius 3 is 2.72 bits per heavy atom. The number of morpholine rings is 1. The third-order valence-electron chi connectivity index (χ3n) is 2.83. The minimum atomic E-state index is 0. The SMILES string of the molecule is CNCCC(=O)NCCN1CCOCC1C.Cl.Cl. The molecule has 1 unspecified atom stereocenters. The quantitative estimate of drug-likeness (QED) is 0.740. The second-order valence-electron chi connectivity index (χ2n) is 4.16. The molecule has 0 aromatic rings. The van der Waals surface area contributed by atoms with Crippen molar-refractivity contribution in [2.75, 3.05) is 46.4 Å². The molecular weight excluding hydrogens is 277 g/mol. The van der Waals surface area contributed by atoms with Gasteiger partial charge in [0.05, 0.1) is 13.2 Å². The molecular formula is C11H25Cl2N3O2. The zero-order chi connectivity index (χ0) is 11.8. The van der Waals surface area contributed by atoms with Crippen molar-refractivity contribution in [2.45, 2.75) is 19.4 Å². The van der Waals surface area contributed by atoms with E-state index in [9.17, 15) is 4.79 Å². The number of hydrogen-bond acceptors (Lipinski definition) is 4. The van der Waals surface area contributed by atoms with Crippen molar-refractivity contribution in [1.82, 2.24) is 15.5 Å². The van der Waals surface area contributed by atoms with Crippen molar-refractivity contribution in [2.24, 2.45) is 0 Å². The van der Waals surface area contributed by atoms with Gasteiger partial charge in [0.2, 0.25) is 5.91 Å². The van der Waals surface area contributed by atoms with Gasteiger partial charge in [0.25, 0.3) is 0 Å². The van der Waals surface area contributed by atoms with Crippen LogP contribution in [0.2, 0.25) is 0 Å². The number of carbonyl (C=O) groups excluding carboxylic acids is 1. The van der Waals surface area contributed by atoms with E-state index in [1.54, 1.807) is 0 Å². The van der Waals surface area contributed by atoms with Gasteiger partial charge in [-0.3, -0.25) is 9.69 Å². The number of ether oxygens (including phenoxy) is 1. The summed E-state index contributed by atoms with van der Waals surface area (Å²) >= 11 is 0. The number of nitrogens with zero attached hydrogens (tertiary/aromatic N) is 1. The van der Waals surface area contributed by atoms with Crippen molar-refractivity contribution < 1.29 is 9.53 Å². The molecule has 0 saturated carbocycles. The molecule has 0 aromatic carbocycles. The smallest absolute Gasteiger partial charge is 0.221 e. The largest absolute Gasteiger partial charge is 0.379 e. The Kier molecular flexibility index (Phi) is 13.5. The van der Waals surface area contributed by atoms with Gasteiger partial charge in [-0.15, -0.1) is 24.8 Å². The van der Waals surface area contributed by atoms with E-state index in [2.05, 4.69) is 22.5 Å². The van der Waals surface area contributed by atoms with Crippen LogP contribution in [0.4, 0.5) is 0 Å². The number of rotatable bonds is 6. The summed E-state index contributed by atoms with van der Waals surface area (Å²) in [5.41, 5.74) is 0. The third-order valence-corrected chi connectivity index (χ3v) is 2.83. The lowest BCUT2D eigenvalue weighted by Crippen LogP contribution is -2.46. The minimum Gasteiger partial charge on any atom is -0.379 e. The van der Waals surface area contributed by atoms with E-state index in [0.717, 1.165) is 39.4 Å². The highest BCUT2D eigenvalue weighted by atomic mass is 35.5. The van der Waals surface area contributed by atoms with Gasteiger partial charge in [-0.1, -0.05) is 0 Å². The Balaban J connectivity index is 0. The van der Waals surface area contributed by atoms with Gasteiger partial charge in [0.1, 0.15) is 0 Å². The highest BCUT2D eigenvalue weighted by molar-refractivity contribution is 5.85. The maximum Gasteiger partial charge on any atom is 0.221 e. The van der Waals surface area contributed by atoms with E-state index in [1.165, 1.54) is 0 Å². The maximum atomic E-state index is 11.3. The van der Waals surface area contributed by atoms with Crippen LogP contribution in [0, 0.1) is 0 Å². The summed E-state index contributed by atoms with van der Waals surface area (Å²) in [6, 6.07) is 0.461. The van der Waals surface area contributed by atoms with Crippen molar-refractivity contribution in [1.29, 1.82) is 0 Å². The van der Waals surface area contributed by atoms with E-state index in [0.29, 0.717) is 12.5 Å². The lowest BCUT2D eigenvalue weighted by molar-refractivity contribution is -0.121. The molecule has 0 aliphatic carbocycles. The first-order chi connectivity index (χ1) is 7.74. The van der Waals surface area contributed by atoms with Gasteiger partial charge < -0.3 is 15.4 Å². The number of nitrogens with one attached hydrogen (secondary N) is 2. The lowest BCUT2D eigenvalue weighted by atomic mass is 10.2. The Morgan fingerprint density at radius 1 is 1.39 bits per heavy atom. The molecule has 2 N–H and O–H groups in total. The minimum absolute atomic E-state index is 0. The highest BCUT2D eigenvalue weighted by Crippen LogP contribution is 2.04. The van der Waals surface area contributed by atoms with Crippen LogP contribution in [0.1, 0.15) is 13.3 Å². The molecule has 0 radical (unpaired) electrons. The van der Waals surface area contributed by atoms with Crippen LogP contribution in [-0.2, 0) is 9.53 Å². The van der Waals surface area contributed by atoms with Crippen LogP contribution in [-0.4, -0.2) is 63.3 Å². The fourth-order valence-corrected chi connectivity index (χ4v) is 1.76. The molecule has 0 bridgehead atoms. The van der Waals surface area contributed by atoms with Crippen LogP contribution in [0.25, 0.3) is 0 Å². The molecule has 1 amide bonds. The van der Waals surface area contributed by atoms with Crippen LogP contribution >= 0.6 is 24.8 Å². The van der Waals surface area contributed by atoms with E-state index in [-0.39, 0.29) is 30.7 Å². The van der Waals surface area contributed by atoms with Gasteiger partial charge in [0, 0.05) is 38.6 Å². The fraction of sp³-hybridized carbons (Fsp3) is 0.909. The normalized spacial score (nSPS) is 19.6. The molecule has 1 rings (SSSR count). The van der Waals surface area contributed by atoms with Gasteiger partial charge >= 0.3 is 0 Å². The number of carbonyl (C=O) groups is 1. The first-order valence-electron chi connectivity index (χ1n) is 5.97. The average Bonchev–Trinajstić information content (AvgIpc) is 2.29. The monoisotopic (exact) mass is 301 g/mol. The van der Waals surface area contributed by atoms with E-state index < -0.39 is 0 Å². The van der Waals surface area contributed by atoms with Crippen LogP contribution in [0.15, 0.2) is 0 Å². The Morgan fingerprint density at radius 2 is 2.11 bits per heavy atom. The first-order valence-corrected chi connectivity index (χ1v) is 5.97. The lowest BCUT2D eigenvalue weighted by Gasteiger charge is -2.33. The summed E-state index contributed by atoms with van der Waals surface area (Å²) in [5, 5.41) is 5.88. The Bertz CT molecular complexity index is 220. The topological polar surface area (TPSA) is 53.6 Å². The zero-order valence-electron chi connectivity index (χ0n) is 11.1. The molecule has 1 saturated heterocycles. The van der Waals surface area contributed by atoms with Crippen LogP contribution in [0.5, 0.6) is 0 Å². The molecule has 0 aromatic heterocycles. The second kappa shape index (κ2) is 12.0. The molecule has 1 atom stereocenters. The van der Waals surface area contributed by atoms with Crippen molar-refractivity contribution in [3.63, 3.8) is 0 Å². The summed E-state index contributed by atoms with van der Waals surface area (Å²) in [6.07, 6.45) is 0.551.